The maximum absolute atomic E-state index is 10.9. The lowest BCUT2D eigenvalue weighted by Crippen LogP contribution is -2.16. The van der Waals surface area contributed by atoms with E-state index in [0.29, 0.717) is 0 Å². The monoisotopic (exact) mass is 155 g/mol. The van der Waals surface area contributed by atoms with Crippen molar-refractivity contribution in [3.63, 3.8) is 0 Å². The number of rotatable bonds is 1. The molecule has 0 fully saturated rings. The van der Waals surface area contributed by atoms with Crippen molar-refractivity contribution in [1.82, 2.24) is 4.57 Å². The molecule has 0 saturated carbocycles. The lowest BCUT2D eigenvalue weighted by Gasteiger charge is -2.02. The zero-order valence-electron chi connectivity index (χ0n) is 6.06. The smallest absolute Gasteiger partial charge is 0.250 e. The summed E-state index contributed by atoms with van der Waals surface area (Å²) in [4.78, 5) is 10.9. The van der Waals surface area contributed by atoms with Gasteiger partial charge in [-0.05, 0) is 6.07 Å². The molecule has 0 atom stereocenters. The molecule has 4 heteroatoms. The molecule has 0 saturated heterocycles. The fourth-order valence-electron chi connectivity index (χ4n) is 0.724. The highest BCUT2D eigenvalue weighted by Crippen LogP contribution is 2.04. The van der Waals surface area contributed by atoms with Gasteiger partial charge in [0.15, 0.2) is 6.29 Å². The summed E-state index contributed by atoms with van der Waals surface area (Å²) in [6.07, 6.45) is -0.0826. The number of aliphatic hydroxyl groups is 2. The maximum Gasteiger partial charge on any atom is 0.250 e. The van der Waals surface area contributed by atoms with Crippen LogP contribution in [0.25, 0.3) is 0 Å². The second-order valence-corrected chi connectivity index (χ2v) is 2.28. The lowest BCUT2D eigenvalue weighted by molar-refractivity contribution is -0.0426. The third-order valence-electron chi connectivity index (χ3n) is 1.43. The van der Waals surface area contributed by atoms with E-state index in [1.807, 2.05) is 0 Å². The van der Waals surface area contributed by atoms with Gasteiger partial charge < -0.3 is 14.8 Å². The molecule has 1 aromatic rings. The Labute approximate surface area is 63.3 Å². The maximum atomic E-state index is 10.9. The van der Waals surface area contributed by atoms with Crippen molar-refractivity contribution in [3.8, 4) is 0 Å². The quantitative estimate of drug-likeness (QED) is 0.531. The molecule has 60 valence electrons. The summed E-state index contributed by atoms with van der Waals surface area (Å²) in [6.45, 7) is 0. The van der Waals surface area contributed by atoms with Crippen LogP contribution in [0, 0.1) is 0 Å². The molecule has 0 bridgehead atoms. The fraction of sp³-hybridized carbons (Fsp3) is 0.286. The van der Waals surface area contributed by atoms with Gasteiger partial charge in [-0.2, -0.15) is 0 Å². The zero-order chi connectivity index (χ0) is 8.43. The van der Waals surface area contributed by atoms with E-state index >= 15 is 0 Å². The second-order valence-electron chi connectivity index (χ2n) is 2.28. The third kappa shape index (κ3) is 1.66. The molecule has 1 heterocycles. The summed E-state index contributed by atoms with van der Waals surface area (Å²) >= 11 is 0. The Kier molecular flexibility index (Phi) is 2.07. The van der Waals surface area contributed by atoms with Crippen LogP contribution in [0.3, 0.4) is 0 Å². The van der Waals surface area contributed by atoms with Gasteiger partial charge in [-0.25, -0.2) is 0 Å². The van der Waals surface area contributed by atoms with E-state index in [0.717, 1.165) is 0 Å². The Morgan fingerprint density at radius 3 is 2.64 bits per heavy atom. The minimum atomic E-state index is -1.57. The average molecular weight is 155 g/mol. The van der Waals surface area contributed by atoms with Gasteiger partial charge in [0.2, 0.25) is 0 Å². The standard InChI is InChI=1S/C7H9NO3/c1-8-3-2-5(7(10)11)4-6(8)9/h2-4,7,10-11H,1H3. The molecule has 0 unspecified atom stereocenters. The van der Waals surface area contributed by atoms with Crippen molar-refractivity contribution < 1.29 is 10.2 Å². The third-order valence-corrected chi connectivity index (χ3v) is 1.43. The van der Waals surface area contributed by atoms with Crippen LogP contribution < -0.4 is 5.56 Å². The van der Waals surface area contributed by atoms with E-state index in [2.05, 4.69) is 0 Å². The van der Waals surface area contributed by atoms with E-state index in [4.69, 9.17) is 10.2 Å². The van der Waals surface area contributed by atoms with E-state index in [1.165, 1.54) is 22.9 Å². The molecule has 0 aliphatic heterocycles. The Hall–Kier alpha value is -1.13. The molecule has 0 spiro atoms. The molecular formula is C7H9NO3. The van der Waals surface area contributed by atoms with E-state index in [-0.39, 0.29) is 11.1 Å². The highest BCUT2D eigenvalue weighted by Gasteiger charge is 2.02. The van der Waals surface area contributed by atoms with Crippen LogP contribution in [0.1, 0.15) is 11.9 Å². The van der Waals surface area contributed by atoms with Crippen molar-refractivity contribution in [2.45, 2.75) is 6.29 Å². The van der Waals surface area contributed by atoms with Crippen LogP contribution in [0.5, 0.6) is 0 Å². The summed E-state index contributed by atoms with van der Waals surface area (Å²) in [7, 11) is 1.59. The molecule has 11 heavy (non-hydrogen) atoms. The van der Waals surface area contributed by atoms with Gasteiger partial charge in [0.05, 0.1) is 0 Å². The molecule has 0 aliphatic rings. The fourth-order valence-corrected chi connectivity index (χ4v) is 0.724. The lowest BCUT2D eigenvalue weighted by atomic mass is 10.2. The van der Waals surface area contributed by atoms with E-state index in [1.54, 1.807) is 7.05 Å². The zero-order valence-corrected chi connectivity index (χ0v) is 6.06. The van der Waals surface area contributed by atoms with Crippen molar-refractivity contribution in [2.24, 2.45) is 7.05 Å². The van der Waals surface area contributed by atoms with Gasteiger partial charge >= 0.3 is 0 Å². The van der Waals surface area contributed by atoms with Gasteiger partial charge in [0, 0.05) is 24.9 Å². The number of hydrogen-bond donors (Lipinski definition) is 2. The summed E-state index contributed by atoms with van der Waals surface area (Å²) in [6, 6.07) is 2.66. The molecule has 0 aromatic carbocycles. The van der Waals surface area contributed by atoms with Crippen molar-refractivity contribution in [1.29, 1.82) is 0 Å². The molecular weight excluding hydrogens is 146 g/mol. The Bertz CT molecular complexity index is 303. The van der Waals surface area contributed by atoms with Crippen LogP contribution in [0.2, 0.25) is 0 Å². The molecule has 0 amide bonds. The summed E-state index contributed by atoms with van der Waals surface area (Å²) < 4.78 is 1.35. The molecule has 1 rings (SSSR count). The molecule has 4 nitrogen and oxygen atoms in total. The summed E-state index contributed by atoms with van der Waals surface area (Å²) in [5.41, 5.74) is -0.0382. The second kappa shape index (κ2) is 2.86. The predicted molar refractivity (Wildman–Crippen MR) is 38.9 cm³/mol. The largest absolute Gasteiger partial charge is 0.364 e. The number of aryl methyl sites for hydroxylation is 1. The Morgan fingerprint density at radius 2 is 2.18 bits per heavy atom. The number of hydrogen-bond acceptors (Lipinski definition) is 3. The number of pyridine rings is 1. The Balaban J connectivity index is 3.16. The minimum absolute atomic E-state index is 0.216. The van der Waals surface area contributed by atoms with Gasteiger partial charge in [0.1, 0.15) is 0 Å². The van der Waals surface area contributed by atoms with Crippen molar-refractivity contribution >= 4 is 0 Å². The first-order chi connectivity index (χ1) is 5.11. The first-order valence-corrected chi connectivity index (χ1v) is 3.14. The first kappa shape index (κ1) is 7.97. The molecule has 0 aliphatic carbocycles. The van der Waals surface area contributed by atoms with Crippen LogP contribution in [0.15, 0.2) is 23.1 Å². The SMILES string of the molecule is Cn1ccc(C(O)O)cc1=O. The van der Waals surface area contributed by atoms with Gasteiger partial charge in [0.25, 0.3) is 5.56 Å². The number of aliphatic hydroxyl groups excluding tert-OH is 1. The summed E-state index contributed by atoms with van der Waals surface area (Å²) in [5.74, 6) is 0. The highest BCUT2D eigenvalue weighted by molar-refractivity contribution is 5.11. The van der Waals surface area contributed by atoms with Crippen molar-refractivity contribution in [3.05, 3.63) is 34.2 Å². The van der Waals surface area contributed by atoms with Gasteiger partial charge in [-0.15, -0.1) is 0 Å². The van der Waals surface area contributed by atoms with Gasteiger partial charge in [-0.1, -0.05) is 0 Å². The van der Waals surface area contributed by atoms with Crippen LogP contribution in [-0.4, -0.2) is 14.8 Å². The van der Waals surface area contributed by atoms with Crippen LogP contribution in [0.4, 0.5) is 0 Å². The summed E-state index contributed by atoms with van der Waals surface area (Å²) in [5, 5.41) is 17.3. The first-order valence-electron chi connectivity index (χ1n) is 3.14. The number of nitrogens with zero attached hydrogens (tertiary/aromatic N) is 1. The molecule has 0 radical (unpaired) electrons. The average Bonchev–Trinajstić information content (AvgIpc) is 1.94. The molecule has 2 N–H and O–H groups in total. The van der Waals surface area contributed by atoms with E-state index < -0.39 is 6.29 Å². The normalized spacial score (nSPS) is 10.5. The molecule has 1 aromatic heterocycles. The van der Waals surface area contributed by atoms with Gasteiger partial charge in [-0.3, -0.25) is 4.79 Å². The van der Waals surface area contributed by atoms with Crippen LogP contribution in [-0.2, 0) is 7.05 Å². The minimum Gasteiger partial charge on any atom is -0.364 e. The highest BCUT2D eigenvalue weighted by atomic mass is 16.5. The Morgan fingerprint density at radius 1 is 1.55 bits per heavy atom. The van der Waals surface area contributed by atoms with Crippen LogP contribution >= 0.6 is 0 Å². The number of aromatic nitrogens is 1. The topological polar surface area (TPSA) is 62.5 Å². The van der Waals surface area contributed by atoms with E-state index in [9.17, 15) is 4.79 Å². The van der Waals surface area contributed by atoms with Crippen molar-refractivity contribution in [2.75, 3.05) is 0 Å². The predicted octanol–water partition coefficient (Wildman–Crippen LogP) is -0.631.